The molecule has 4 nitrogen and oxygen atoms in total. The van der Waals surface area contributed by atoms with Gasteiger partial charge in [0.05, 0.1) is 29.2 Å². The van der Waals surface area contributed by atoms with Crippen LogP contribution in [0.3, 0.4) is 0 Å². The Bertz CT molecular complexity index is 881. The van der Waals surface area contributed by atoms with Gasteiger partial charge in [-0.05, 0) is 50.1 Å². The van der Waals surface area contributed by atoms with Gasteiger partial charge in [-0.25, -0.2) is 0 Å². The second-order valence-corrected chi connectivity index (χ2v) is 5.60. The van der Waals surface area contributed by atoms with E-state index >= 15 is 0 Å². The van der Waals surface area contributed by atoms with Gasteiger partial charge in [0.15, 0.2) is 0 Å². The Balaban J connectivity index is 1.99. The van der Waals surface area contributed by atoms with E-state index in [1.54, 1.807) is 0 Å². The topological polar surface area (TPSA) is 54.5 Å². The summed E-state index contributed by atoms with van der Waals surface area (Å²) in [6.45, 7) is 1.95. The molecule has 0 bridgehead atoms. The van der Waals surface area contributed by atoms with E-state index in [0.717, 1.165) is 16.6 Å². The van der Waals surface area contributed by atoms with Crippen LogP contribution in [-0.4, -0.2) is 14.8 Å². The summed E-state index contributed by atoms with van der Waals surface area (Å²) < 4.78 is 2.38. The molecular weight excluding hydrogens is 260 g/mol. The predicted molar refractivity (Wildman–Crippen MR) is 80.7 cm³/mol. The van der Waals surface area contributed by atoms with E-state index in [1.165, 1.54) is 24.1 Å². The van der Waals surface area contributed by atoms with Crippen LogP contribution in [-0.2, 0) is 0 Å². The first-order valence-corrected chi connectivity index (χ1v) is 7.11. The van der Waals surface area contributed by atoms with Crippen LogP contribution >= 0.6 is 0 Å². The molecular formula is C17H14N4. The Morgan fingerprint density at radius 3 is 2.81 bits per heavy atom. The number of fused-ring (bicyclic) bond motifs is 1. The maximum atomic E-state index is 9.07. The average Bonchev–Trinajstić information content (AvgIpc) is 3.26. The van der Waals surface area contributed by atoms with Crippen molar-refractivity contribution in [3.8, 4) is 17.3 Å². The van der Waals surface area contributed by atoms with E-state index in [-0.39, 0.29) is 0 Å². The second kappa shape index (κ2) is 4.42. The van der Waals surface area contributed by atoms with Crippen molar-refractivity contribution in [1.29, 1.82) is 5.26 Å². The number of hydrogen-bond acceptors (Lipinski definition) is 3. The molecule has 102 valence electrons. The van der Waals surface area contributed by atoms with Crippen LogP contribution in [0.5, 0.6) is 0 Å². The Kier molecular flexibility index (Phi) is 2.55. The number of rotatable bonds is 2. The van der Waals surface area contributed by atoms with E-state index in [9.17, 15) is 0 Å². The molecule has 1 aliphatic carbocycles. The zero-order valence-corrected chi connectivity index (χ0v) is 11.7. The number of hydrogen-bond donors (Lipinski definition) is 0. The molecule has 1 saturated carbocycles. The third-order valence-corrected chi connectivity index (χ3v) is 3.95. The minimum atomic E-state index is 0.568. The van der Waals surface area contributed by atoms with Gasteiger partial charge in [0.1, 0.15) is 0 Å². The Hall–Kier alpha value is -2.67. The lowest BCUT2D eigenvalue weighted by Gasteiger charge is -2.09. The fraction of sp³-hybridized carbons (Fsp3) is 0.235. The van der Waals surface area contributed by atoms with Crippen molar-refractivity contribution in [2.75, 3.05) is 0 Å². The lowest BCUT2D eigenvalue weighted by molar-refractivity contribution is 0.782. The summed E-state index contributed by atoms with van der Waals surface area (Å²) in [6.07, 6.45) is 4.24. The normalized spacial score (nSPS) is 14.3. The number of benzene rings is 1. The lowest BCUT2D eigenvalue weighted by atomic mass is 10.1. The van der Waals surface area contributed by atoms with Crippen molar-refractivity contribution < 1.29 is 0 Å². The highest BCUT2D eigenvalue weighted by molar-refractivity contribution is 5.88. The number of aromatic nitrogens is 3. The van der Waals surface area contributed by atoms with Crippen LogP contribution in [0.25, 0.3) is 22.2 Å². The van der Waals surface area contributed by atoms with Gasteiger partial charge < -0.3 is 4.57 Å². The molecule has 0 radical (unpaired) electrons. The van der Waals surface area contributed by atoms with Gasteiger partial charge in [-0.15, -0.1) is 0 Å². The van der Waals surface area contributed by atoms with Gasteiger partial charge in [0.25, 0.3) is 0 Å². The fourth-order valence-corrected chi connectivity index (χ4v) is 2.87. The molecule has 4 rings (SSSR count). The molecule has 3 aromatic rings. The molecule has 1 aromatic carbocycles. The summed E-state index contributed by atoms with van der Waals surface area (Å²) in [6, 6.07) is 12.9. The first-order valence-electron chi connectivity index (χ1n) is 7.11. The second-order valence-electron chi connectivity index (χ2n) is 5.60. The molecule has 21 heavy (non-hydrogen) atoms. The van der Waals surface area contributed by atoms with E-state index < -0.39 is 0 Å². The highest BCUT2D eigenvalue weighted by Gasteiger charge is 2.27. The third kappa shape index (κ3) is 1.98. The lowest BCUT2D eigenvalue weighted by Crippen LogP contribution is -1.97. The highest BCUT2D eigenvalue weighted by atomic mass is 15.1. The molecule has 0 spiro atoms. The van der Waals surface area contributed by atoms with E-state index in [1.807, 2.05) is 25.3 Å². The molecule has 0 saturated heterocycles. The number of nitriles is 1. The molecule has 2 heterocycles. The van der Waals surface area contributed by atoms with E-state index in [4.69, 9.17) is 5.26 Å². The molecule has 0 amide bonds. The van der Waals surface area contributed by atoms with Crippen molar-refractivity contribution in [1.82, 2.24) is 14.8 Å². The molecule has 2 aromatic heterocycles. The minimum absolute atomic E-state index is 0.568. The van der Waals surface area contributed by atoms with Crippen LogP contribution in [0.4, 0.5) is 0 Å². The Labute approximate surface area is 122 Å². The smallest absolute Gasteiger partial charge is 0.0991 e. The number of aryl methyl sites for hydroxylation is 1. The Morgan fingerprint density at radius 1 is 1.24 bits per heavy atom. The summed E-state index contributed by atoms with van der Waals surface area (Å²) >= 11 is 0. The fourth-order valence-electron chi connectivity index (χ4n) is 2.87. The summed E-state index contributed by atoms with van der Waals surface area (Å²) in [5.41, 5.74) is 5.06. The molecule has 0 atom stereocenters. The van der Waals surface area contributed by atoms with Gasteiger partial charge in [-0.3, -0.25) is 0 Å². The van der Waals surface area contributed by atoms with Crippen LogP contribution < -0.4 is 0 Å². The maximum absolute atomic E-state index is 9.07. The maximum Gasteiger partial charge on any atom is 0.0991 e. The van der Waals surface area contributed by atoms with Crippen molar-refractivity contribution in [3.05, 3.63) is 47.8 Å². The molecule has 0 unspecified atom stereocenters. The molecule has 4 heteroatoms. The van der Waals surface area contributed by atoms with Crippen molar-refractivity contribution in [2.24, 2.45) is 0 Å². The van der Waals surface area contributed by atoms with E-state index in [0.29, 0.717) is 11.6 Å². The molecule has 0 aliphatic heterocycles. The van der Waals surface area contributed by atoms with Crippen LogP contribution in [0.15, 0.2) is 36.5 Å². The summed E-state index contributed by atoms with van der Waals surface area (Å²) in [5, 5.41) is 18.3. The first-order chi connectivity index (χ1) is 10.3. The van der Waals surface area contributed by atoms with Crippen molar-refractivity contribution >= 4 is 10.9 Å². The molecule has 1 fully saturated rings. The third-order valence-electron chi connectivity index (χ3n) is 3.95. The van der Waals surface area contributed by atoms with E-state index in [2.05, 4.69) is 39.0 Å². The van der Waals surface area contributed by atoms with Crippen molar-refractivity contribution in [3.63, 3.8) is 0 Å². The van der Waals surface area contributed by atoms with Gasteiger partial charge >= 0.3 is 0 Å². The SMILES string of the molecule is Cc1cc(-c2cc3cc(C#N)ccc3n2C2CC2)cnn1. The van der Waals surface area contributed by atoms with Crippen LogP contribution in [0, 0.1) is 18.3 Å². The molecule has 1 aliphatic rings. The minimum Gasteiger partial charge on any atom is -0.337 e. The first kappa shape index (κ1) is 12.1. The standard InChI is InChI=1S/C17H14N4/c1-11-6-14(10-19-20-11)17-8-13-7-12(9-18)2-5-16(13)21(17)15-3-4-15/h2,5-8,10,15H,3-4H2,1H3. The monoisotopic (exact) mass is 274 g/mol. The number of nitrogens with zero attached hydrogens (tertiary/aromatic N) is 4. The highest BCUT2D eigenvalue weighted by Crippen LogP contribution is 2.42. The Morgan fingerprint density at radius 2 is 2.10 bits per heavy atom. The zero-order chi connectivity index (χ0) is 14.4. The summed E-state index contributed by atoms with van der Waals surface area (Å²) in [5.74, 6) is 0. The van der Waals surface area contributed by atoms with Crippen LogP contribution in [0.2, 0.25) is 0 Å². The summed E-state index contributed by atoms with van der Waals surface area (Å²) in [7, 11) is 0. The molecule has 0 N–H and O–H groups in total. The van der Waals surface area contributed by atoms with Gasteiger partial charge in [0, 0.05) is 22.5 Å². The van der Waals surface area contributed by atoms with Gasteiger partial charge in [0.2, 0.25) is 0 Å². The van der Waals surface area contributed by atoms with Crippen LogP contribution in [0.1, 0.15) is 30.1 Å². The predicted octanol–water partition coefficient (Wildman–Crippen LogP) is 3.61. The van der Waals surface area contributed by atoms with Gasteiger partial charge in [-0.2, -0.15) is 15.5 Å². The zero-order valence-electron chi connectivity index (χ0n) is 11.7. The quantitative estimate of drug-likeness (QED) is 0.717. The average molecular weight is 274 g/mol. The van der Waals surface area contributed by atoms with Gasteiger partial charge in [-0.1, -0.05) is 0 Å². The van der Waals surface area contributed by atoms with Crippen molar-refractivity contribution in [2.45, 2.75) is 25.8 Å². The summed E-state index contributed by atoms with van der Waals surface area (Å²) in [4.78, 5) is 0. The largest absolute Gasteiger partial charge is 0.337 e.